The van der Waals surface area contributed by atoms with Crippen molar-refractivity contribution in [2.75, 3.05) is 12.4 Å². The van der Waals surface area contributed by atoms with Gasteiger partial charge in [-0.1, -0.05) is 0 Å². The second-order valence-electron chi connectivity index (χ2n) is 8.08. The van der Waals surface area contributed by atoms with Gasteiger partial charge < -0.3 is 20.1 Å². The predicted octanol–water partition coefficient (Wildman–Crippen LogP) is 1.48. The molecule has 0 aliphatic heterocycles. The van der Waals surface area contributed by atoms with Crippen molar-refractivity contribution >= 4 is 29.8 Å². The van der Waals surface area contributed by atoms with E-state index < -0.39 is 7.12 Å². The largest absolute Gasteiger partial charge is 0.492 e. The van der Waals surface area contributed by atoms with Crippen LogP contribution in [0.1, 0.15) is 37.7 Å². The number of carbonyl (C=O) groups is 1. The molecule has 0 radical (unpaired) electrons. The van der Waals surface area contributed by atoms with Crippen LogP contribution >= 0.6 is 0 Å². The highest BCUT2D eigenvalue weighted by molar-refractivity contribution is 6.60. The van der Waals surface area contributed by atoms with E-state index in [-0.39, 0.29) is 12.0 Å². The first-order valence-corrected chi connectivity index (χ1v) is 10.6. The molecule has 1 fully saturated rings. The van der Waals surface area contributed by atoms with Crippen molar-refractivity contribution in [3.8, 4) is 17.5 Å². The molecule has 0 amide bonds. The van der Waals surface area contributed by atoms with Crippen LogP contribution in [0.5, 0.6) is 0 Å². The third kappa shape index (κ3) is 4.59. The average molecular weight is 433 g/mol. The van der Waals surface area contributed by atoms with E-state index in [1.807, 2.05) is 12.1 Å². The number of anilines is 1. The van der Waals surface area contributed by atoms with Gasteiger partial charge in [0, 0.05) is 29.8 Å². The summed E-state index contributed by atoms with van der Waals surface area (Å²) in [7, 11) is -0.250. The smallest absolute Gasteiger partial charge is 0.469 e. The average Bonchev–Trinajstić information content (AvgIpc) is 3.23. The van der Waals surface area contributed by atoms with E-state index in [0.717, 1.165) is 36.9 Å². The molecule has 0 atom stereocenters. The third-order valence-corrected chi connectivity index (χ3v) is 5.99. The Morgan fingerprint density at radius 2 is 2.06 bits per heavy atom. The maximum Gasteiger partial charge on any atom is 0.492 e. The molecule has 3 heterocycles. The zero-order valence-corrected chi connectivity index (χ0v) is 17.7. The molecule has 0 bridgehead atoms. The molecule has 4 rings (SSSR count). The molecule has 3 aromatic heterocycles. The van der Waals surface area contributed by atoms with Crippen LogP contribution in [-0.4, -0.2) is 50.9 Å². The van der Waals surface area contributed by atoms with E-state index in [1.54, 1.807) is 16.6 Å². The van der Waals surface area contributed by atoms with Gasteiger partial charge in [0.15, 0.2) is 0 Å². The molecule has 164 valence electrons. The van der Waals surface area contributed by atoms with Gasteiger partial charge in [0.1, 0.15) is 6.07 Å². The Morgan fingerprint density at radius 1 is 1.28 bits per heavy atom. The zero-order valence-electron chi connectivity index (χ0n) is 17.7. The van der Waals surface area contributed by atoms with Gasteiger partial charge in [-0.25, -0.2) is 4.52 Å². The van der Waals surface area contributed by atoms with Crippen molar-refractivity contribution < 1.29 is 19.6 Å². The fraction of sp³-hybridized carbons (Fsp3) is 0.364. The standard InChI is InChI=1S/C22H24BN5O4/c1-32-22(29)9-14-2-4-16(5-3-14)27-19-10-20(25-13-18(19)23(30)31)21-7-6-17-8-15(11-24)12-26-28(17)21/h6-8,10,12-14,16,30-31H,2-5,9H2,1H3,(H,25,27). The summed E-state index contributed by atoms with van der Waals surface area (Å²) in [6.07, 6.45) is 6.92. The topological polar surface area (TPSA) is 133 Å². The molecule has 0 aromatic carbocycles. The van der Waals surface area contributed by atoms with Gasteiger partial charge in [0.05, 0.1) is 35.8 Å². The van der Waals surface area contributed by atoms with E-state index in [0.29, 0.717) is 34.7 Å². The lowest BCUT2D eigenvalue weighted by Gasteiger charge is -2.30. The number of nitrogens with one attached hydrogen (secondary N) is 1. The minimum absolute atomic E-state index is 0.150. The van der Waals surface area contributed by atoms with E-state index in [4.69, 9.17) is 10.00 Å². The van der Waals surface area contributed by atoms with Crippen LogP contribution in [0.3, 0.4) is 0 Å². The van der Waals surface area contributed by atoms with Crippen LogP contribution in [0.15, 0.2) is 36.7 Å². The number of pyridine rings is 1. The Labute approximate surface area is 185 Å². The number of rotatable bonds is 6. The number of aromatic nitrogens is 3. The fourth-order valence-electron chi connectivity index (χ4n) is 4.24. The summed E-state index contributed by atoms with van der Waals surface area (Å²) in [4.78, 5) is 15.9. The minimum Gasteiger partial charge on any atom is -0.469 e. The van der Waals surface area contributed by atoms with Gasteiger partial charge in [-0.2, -0.15) is 10.4 Å². The molecule has 0 unspecified atom stereocenters. The molecule has 1 saturated carbocycles. The first-order valence-electron chi connectivity index (χ1n) is 10.6. The Bertz CT molecular complexity index is 1160. The summed E-state index contributed by atoms with van der Waals surface area (Å²) in [6, 6.07) is 9.48. The molecule has 10 heteroatoms. The lowest BCUT2D eigenvalue weighted by atomic mass is 9.79. The SMILES string of the molecule is COC(=O)CC1CCC(Nc2cc(-c3ccc4cc(C#N)cnn34)ncc2B(O)O)CC1. The number of fused-ring (bicyclic) bond motifs is 1. The summed E-state index contributed by atoms with van der Waals surface area (Å²) in [5.41, 5.74) is 3.49. The molecule has 3 aromatic rings. The summed E-state index contributed by atoms with van der Waals surface area (Å²) in [5.74, 6) is 0.133. The van der Waals surface area contributed by atoms with Crippen LogP contribution in [0.2, 0.25) is 0 Å². The first kappa shape index (κ1) is 21.8. The van der Waals surface area contributed by atoms with Gasteiger partial charge in [-0.3, -0.25) is 9.78 Å². The van der Waals surface area contributed by atoms with E-state index >= 15 is 0 Å². The van der Waals surface area contributed by atoms with Gasteiger partial charge in [0.25, 0.3) is 0 Å². The van der Waals surface area contributed by atoms with Gasteiger partial charge in [-0.15, -0.1) is 0 Å². The molecular weight excluding hydrogens is 409 g/mol. The minimum atomic E-state index is -1.66. The van der Waals surface area contributed by atoms with Crippen molar-refractivity contribution in [1.82, 2.24) is 14.6 Å². The van der Waals surface area contributed by atoms with Crippen LogP contribution < -0.4 is 10.8 Å². The number of hydrogen-bond acceptors (Lipinski definition) is 8. The molecule has 9 nitrogen and oxygen atoms in total. The van der Waals surface area contributed by atoms with Crippen LogP contribution in [-0.2, 0) is 9.53 Å². The zero-order chi connectivity index (χ0) is 22.7. The summed E-state index contributed by atoms with van der Waals surface area (Å²) in [5, 5.41) is 36.5. The highest BCUT2D eigenvalue weighted by atomic mass is 16.5. The Kier molecular flexibility index (Phi) is 6.39. The normalized spacial score (nSPS) is 18.2. The monoisotopic (exact) mass is 433 g/mol. The Hall–Kier alpha value is -3.42. The quantitative estimate of drug-likeness (QED) is 0.393. The first-order chi connectivity index (χ1) is 15.5. The van der Waals surface area contributed by atoms with Gasteiger partial charge in [0.2, 0.25) is 0 Å². The molecule has 32 heavy (non-hydrogen) atoms. The highest BCUT2D eigenvalue weighted by Crippen LogP contribution is 2.30. The summed E-state index contributed by atoms with van der Waals surface area (Å²) >= 11 is 0. The van der Waals surface area contributed by atoms with Gasteiger partial charge >= 0.3 is 13.1 Å². The van der Waals surface area contributed by atoms with E-state index in [1.165, 1.54) is 19.5 Å². The molecular formula is C22H24BN5O4. The lowest BCUT2D eigenvalue weighted by Crippen LogP contribution is -2.36. The van der Waals surface area contributed by atoms with Crippen molar-refractivity contribution in [3.63, 3.8) is 0 Å². The summed E-state index contributed by atoms with van der Waals surface area (Å²) < 4.78 is 6.46. The second kappa shape index (κ2) is 9.38. The number of ether oxygens (including phenoxy) is 1. The highest BCUT2D eigenvalue weighted by Gasteiger charge is 2.26. The van der Waals surface area contributed by atoms with Crippen LogP contribution in [0.4, 0.5) is 5.69 Å². The van der Waals surface area contributed by atoms with Crippen molar-refractivity contribution in [2.45, 2.75) is 38.1 Å². The molecule has 1 aliphatic rings. The molecule has 0 saturated heterocycles. The third-order valence-electron chi connectivity index (χ3n) is 5.99. The number of carbonyl (C=O) groups excluding carboxylic acids is 1. The molecule has 3 N–H and O–H groups in total. The maximum atomic E-state index is 11.5. The van der Waals surface area contributed by atoms with E-state index in [9.17, 15) is 14.8 Å². The fourth-order valence-corrected chi connectivity index (χ4v) is 4.24. The number of nitriles is 1. The lowest BCUT2D eigenvalue weighted by molar-refractivity contribution is -0.142. The number of hydrogen-bond donors (Lipinski definition) is 3. The molecule has 1 aliphatic carbocycles. The van der Waals surface area contributed by atoms with Crippen molar-refractivity contribution in [3.05, 3.63) is 42.2 Å². The number of esters is 1. The van der Waals surface area contributed by atoms with Crippen LogP contribution in [0, 0.1) is 17.2 Å². The number of methoxy groups -OCH3 is 1. The second-order valence-corrected chi connectivity index (χ2v) is 8.08. The van der Waals surface area contributed by atoms with Crippen molar-refractivity contribution in [1.29, 1.82) is 5.26 Å². The van der Waals surface area contributed by atoms with E-state index in [2.05, 4.69) is 21.5 Å². The Morgan fingerprint density at radius 3 is 2.75 bits per heavy atom. The maximum absolute atomic E-state index is 11.5. The number of nitrogens with zero attached hydrogens (tertiary/aromatic N) is 4. The predicted molar refractivity (Wildman–Crippen MR) is 119 cm³/mol. The van der Waals surface area contributed by atoms with Crippen molar-refractivity contribution in [2.24, 2.45) is 5.92 Å². The van der Waals surface area contributed by atoms with Gasteiger partial charge in [-0.05, 0) is 55.9 Å². The Balaban J connectivity index is 1.56. The summed E-state index contributed by atoms with van der Waals surface area (Å²) in [6.45, 7) is 0. The van der Waals surface area contributed by atoms with Crippen LogP contribution in [0.25, 0.3) is 16.9 Å². The molecule has 0 spiro atoms.